The zero-order chi connectivity index (χ0) is 10.7. The van der Waals surface area contributed by atoms with E-state index >= 15 is 0 Å². The summed E-state index contributed by atoms with van der Waals surface area (Å²) >= 11 is 1.44. The Morgan fingerprint density at radius 1 is 1.60 bits per heavy atom. The number of aromatic nitrogens is 2. The van der Waals surface area contributed by atoms with Crippen molar-refractivity contribution < 1.29 is 4.42 Å². The van der Waals surface area contributed by atoms with Gasteiger partial charge < -0.3 is 9.73 Å². The number of hydrogen-bond acceptors (Lipinski definition) is 5. The van der Waals surface area contributed by atoms with Crippen molar-refractivity contribution in [3.63, 3.8) is 0 Å². The van der Waals surface area contributed by atoms with Gasteiger partial charge in [0.15, 0.2) is 0 Å². The Hall–Kier alpha value is -1.20. The second kappa shape index (κ2) is 4.55. The molecule has 1 atom stereocenters. The number of aryl methyl sites for hydroxylation is 1. The van der Waals surface area contributed by atoms with E-state index in [0.717, 1.165) is 17.9 Å². The first kappa shape index (κ1) is 10.3. The van der Waals surface area contributed by atoms with Crippen molar-refractivity contribution in [2.75, 3.05) is 7.05 Å². The highest BCUT2D eigenvalue weighted by atomic mass is 32.1. The van der Waals surface area contributed by atoms with Crippen molar-refractivity contribution >= 4 is 11.5 Å². The van der Waals surface area contributed by atoms with E-state index < -0.39 is 0 Å². The molecule has 0 amide bonds. The molecule has 0 saturated heterocycles. The Kier molecular flexibility index (Phi) is 3.13. The fourth-order valence-electron chi connectivity index (χ4n) is 1.51. The highest BCUT2D eigenvalue weighted by molar-refractivity contribution is 7.05. The average molecular weight is 223 g/mol. The third-order valence-electron chi connectivity index (χ3n) is 2.34. The summed E-state index contributed by atoms with van der Waals surface area (Å²) in [5.74, 6) is 0.974. The van der Waals surface area contributed by atoms with Crippen LogP contribution in [-0.2, 0) is 6.42 Å². The van der Waals surface area contributed by atoms with Gasteiger partial charge in [-0.1, -0.05) is 4.49 Å². The maximum Gasteiger partial charge on any atom is 0.105 e. The van der Waals surface area contributed by atoms with Crippen LogP contribution in [0.25, 0.3) is 0 Å². The molecule has 0 fully saturated rings. The zero-order valence-corrected chi connectivity index (χ0v) is 9.54. The van der Waals surface area contributed by atoms with E-state index in [1.165, 1.54) is 16.4 Å². The molecule has 5 heteroatoms. The van der Waals surface area contributed by atoms with Crippen LogP contribution in [0.2, 0.25) is 0 Å². The molecule has 1 unspecified atom stereocenters. The van der Waals surface area contributed by atoms with E-state index in [4.69, 9.17) is 4.42 Å². The van der Waals surface area contributed by atoms with Crippen LogP contribution in [0.5, 0.6) is 0 Å². The molecule has 0 saturated carbocycles. The minimum Gasteiger partial charge on any atom is -0.469 e. The van der Waals surface area contributed by atoms with Crippen LogP contribution < -0.4 is 5.32 Å². The van der Waals surface area contributed by atoms with Gasteiger partial charge in [0.05, 0.1) is 22.9 Å². The molecular formula is C10H13N3OS. The van der Waals surface area contributed by atoms with E-state index in [0.29, 0.717) is 0 Å². The summed E-state index contributed by atoms with van der Waals surface area (Å²) < 4.78 is 9.27. The Morgan fingerprint density at radius 3 is 3.00 bits per heavy atom. The highest BCUT2D eigenvalue weighted by Crippen LogP contribution is 2.23. The number of nitrogens with zero attached hydrogens (tertiary/aromatic N) is 2. The van der Waals surface area contributed by atoms with Gasteiger partial charge in [-0.05, 0) is 37.6 Å². The number of nitrogens with one attached hydrogen (secondary N) is 1. The minimum absolute atomic E-state index is 0.233. The van der Waals surface area contributed by atoms with Crippen molar-refractivity contribution in [3.05, 3.63) is 34.7 Å². The van der Waals surface area contributed by atoms with Crippen LogP contribution in [-0.4, -0.2) is 16.6 Å². The number of rotatable bonds is 4. The molecule has 0 aliphatic carbocycles. The molecule has 0 bridgehead atoms. The number of furan rings is 1. The van der Waals surface area contributed by atoms with E-state index in [1.54, 1.807) is 6.26 Å². The van der Waals surface area contributed by atoms with Crippen molar-refractivity contribution in [1.82, 2.24) is 14.9 Å². The van der Waals surface area contributed by atoms with Crippen molar-refractivity contribution in [1.29, 1.82) is 0 Å². The van der Waals surface area contributed by atoms with E-state index in [2.05, 4.69) is 14.9 Å². The highest BCUT2D eigenvalue weighted by Gasteiger charge is 2.16. The van der Waals surface area contributed by atoms with Crippen molar-refractivity contribution in [2.45, 2.75) is 19.4 Å². The van der Waals surface area contributed by atoms with Gasteiger partial charge in [-0.2, -0.15) is 0 Å². The lowest BCUT2D eigenvalue weighted by Crippen LogP contribution is -2.18. The van der Waals surface area contributed by atoms with E-state index in [9.17, 15) is 0 Å². The van der Waals surface area contributed by atoms with Gasteiger partial charge in [-0.3, -0.25) is 0 Å². The van der Waals surface area contributed by atoms with Gasteiger partial charge in [0, 0.05) is 6.42 Å². The predicted molar refractivity (Wildman–Crippen MR) is 58.9 cm³/mol. The Morgan fingerprint density at radius 2 is 2.47 bits per heavy atom. The first-order chi connectivity index (χ1) is 7.31. The molecule has 2 aromatic rings. The summed E-state index contributed by atoms with van der Waals surface area (Å²) in [6, 6.07) is 4.12. The van der Waals surface area contributed by atoms with Crippen molar-refractivity contribution in [3.8, 4) is 0 Å². The van der Waals surface area contributed by atoms with Gasteiger partial charge in [0.1, 0.15) is 5.76 Å². The second-order valence-electron chi connectivity index (χ2n) is 3.35. The molecule has 15 heavy (non-hydrogen) atoms. The molecule has 80 valence electrons. The average Bonchev–Trinajstić information content (AvgIpc) is 2.85. The molecule has 2 heterocycles. The van der Waals surface area contributed by atoms with Crippen LogP contribution in [0, 0.1) is 6.92 Å². The topological polar surface area (TPSA) is 51.0 Å². The van der Waals surface area contributed by atoms with Crippen LogP contribution in [0.15, 0.2) is 22.8 Å². The molecule has 2 rings (SSSR count). The Balaban J connectivity index is 2.15. The molecule has 0 radical (unpaired) electrons. The summed E-state index contributed by atoms with van der Waals surface area (Å²) in [5, 5.41) is 7.27. The van der Waals surface area contributed by atoms with E-state index in [1.807, 2.05) is 26.1 Å². The summed E-state index contributed by atoms with van der Waals surface area (Å²) in [6.07, 6.45) is 2.52. The van der Waals surface area contributed by atoms with Gasteiger partial charge >= 0.3 is 0 Å². The Bertz CT molecular complexity index is 410. The first-order valence-electron chi connectivity index (χ1n) is 4.79. The summed E-state index contributed by atoms with van der Waals surface area (Å²) in [7, 11) is 1.94. The van der Waals surface area contributed by atoms with Crippen molar-refractivity contribution in [2.24, 2.45) is 0 Å². The maximum absolute atomic E-state index is 5.33. The van der Waals surface area contributed by atoms with E-state index in [-0.39, 0.29) is 6.04 Å². The standard InChI is InChI=1S/C10H13N3OS/c1-7-10(15-13-12-7)9(11-2)6-8-4-3-5-14-8/h3-5,9,11H,6H2,1-2H3. The molecule has 1 N–H and O–H groups in total. The lowest BCUT2D eigenvalue weighted by atomic mass is 10.1. The van der Waals surface area contributed by atoms with Crippen LogP contribution in [0.3, 0.4) is 0 Å². The quantitative estimate of drug-likeness (QED) is 0.860. The normalized spacial score (nSPS) is 12.9. The Labute approximate surface area is 92.5 Å². The molecule has 0 spiro atoms. The molecule has 2 aromatic heterocycles. The summed E-state index contributed by atoms with van der Waals surface area (Å²) in [4.78, 5) is 1.17. The van der Waals surface area contributed by atoms with Crippen LogP contribution in [0.1, 0.15) is 22.4 Å². The smallest absolute Gasteiger partial charge is 0.105 e. The lowest BCUT2D eigenvalue weighted by Gasteiger charge is -2.12. The SMILES string of the molecule is CNC(Cc1ccco1)c1snnc1C. The lowest BCUT2D eigenvalue weighted by molar-refractivity contribution is 0.468. The fraction of sp³-hybridized carbons (Fsp3) is 0.400. The van der Waals surface area contributed by atoms with Gasteiger partial charge in [0.25, 0.3) is 0 Å². The third kappa shape index (κ3) is 2.24. The molecule has 0 aliphatic heterocycles. The number of hydrogen-bond donors (Lipinski definition) is 1. The van der Waals surface area contributed by atoms with Crippen LogP contribution in [0.4, 0.5) is 0 Å². The molecule has 0 aromatic carbocycles. The molecule has 4 nitrogen and oxygen atoms in total. The zero-order valence-electron chi connectivity index (χ0n) is 8.73. The molecule has 0 aliphatic rings. The van der Waals surface area contributed by atoms with Gasteiger partial charge in [-0.25, -0.2) is 0 Å². The maximum atomic E-state index is 5.33. The summed E-state index contributed by atoms with van der Waals surface area (Å²) in [6.45, 7) is 1.98. The van der Waals surface area contributed by atoms with Crippen LogP contribution >= 0.6 is 11.5 Å². The summed E-state index contributed by atoms with van der Waals surface area (Å²) in [5.41, 5.74) is 0.992. The number of likely N-dealkylation sites (N-methyl/N-ethyl adjacent to an activating group) is 1. The molecular weight excluding hydrogens is 210 g/mol. The monoisotopic (exact) mass is 223 g/mol. The fourth-order valence-corrected chi connectivity index (χ4v) is 2.27. The minimum atomic E-state index is 0.233. The predicted octanol–water partition coefficient (Wildman–Crippen LogP) is 1.94. The third-order valence-corrected chi connectivity index (χ3v) is 3.28. The van der Waals surface area contributed by atoms with Gasteiger partial charge in [-0.15, -0.1) is 5.10 Å². The second-order valence-corrected chi connectivity index (χ2v) is 4.13. The first-order valence-corrected chi connectivity index (χ1v) is 5.57. The largest absolute Gasteiger partial charge is 0.469 e. The van der Waals surface area contributed by atoms with Gasteiger partial charge in [0.2, 0.25) is 0 Å².